The fraction of sp³-hybridized carbons (Fsp3) is 0.417. The van der Waals surface area contributed by atoms with Gasteiger partial charge >= 0.3 is 0 Å². The number of amides is 1. The topological polar surface area (TPSA) is 35.9 Å². The molecule has 4 heteroatoms. The number of hydrogen-bond donors (Lipinski definition) is 0. The van der Waals surface area contributed by atoms with Gasteiger partial charge in [0.25, 0.3) is 5.91 Å². The number of carbonyl (C=O) groups excluding carboxylic acids is 1. The predicted molar refractivity (Wildman–Crippen MR) is 116 cm³/mol. The maximum absolute atomic E-state index is 13.2. The van der Waals surface area contributed by atoms with Crippen molar-refractivity contribution in [1.29, 1.82) is 0 Å². The van der Waals surface area contributed by atoms with Crippen molar-refractivity contribution in [3.63, 3.8) is 0 Å². The van der Waals surface area contributed by atoms with Crippen molar-refractivity contribution < 1.29 is 4.79 Å². The lowest BCUT2D eigenvalue weighted by molar-refractivity contribution is -0.134. The Morgan fingerprint density at radius 1 is 1.07 bits per heavy atom. The monoisotopic (exact) mass is 377 g/mol. The first-order valence-corrected chi connectivity index (χ1v) is 10.2. The van der Waals surface area contributed by atoms with Crippen LogP contribution in [0.15, 0.2) is 47.6 Å². The molecule has 1 aliphatic rings. The average molecular weight is 378 g/mol. The van der Waals surface area contributed by atoms with Crippen molar-refractivity contribution in [3.8, 4) is 0 Å². The van der Waals surface area contributed by atoms with Gasteiger partial charge in [0.15, 0.2) is 0 Å². The second-order valence-corrected chi connectivity index (χ2v) is 7.64. The van der Waals surface area contributed by atoms with Crippen LogP contribution in [-0.4, -0.2) is 41.2 Å². The molecule has 1 heterocycles. The minimum Gasteiger partial charge on any atom is -0.295 e. The van der Waals surface area contributed by atoms with Crippen molar-refractivity contribution >= 4 is 11.6 Å². The highest BCUT2D eigenvalue weighted by molar-refractivity contribution is 6.04. The highest BCUT2D eigenvalue weighted by Crippen LogP contribution is 2.35. The maximum Gasteiger partial charge on any atom is 0.257 e. The fourth-order valence-corrected chi connectivity index (χ4v) is 3.86. The summed E-state index contributed by atoms with van der Waals surface area (Å²) < 4.78 is 0. The van der Waals surface area contributed by atoms with Gasteiger partial charge in [-0.2, -0.15) is 5.10 Å². The van der Waals surface area contributed by atoms with Gasteiger partial charge in [-0.25, -0.2) is 5.01 Å². The average Bonchev–Trinajstić information content (AvgIpc) is 3.13. The summed E-state index contributed by atoms with van der Waals surface area (Å²) in [5, 5.41) is 6.59. The summed E-state index contributed by atoms with van der Waals surface area (Å²) in [6.45, 7) is 12.6. The molecule has 1 amide bonds. The first-order chi connectivity index (χ1) is 13.4. The summed E-state index contributed by atoms with van der Waals surface area (Å²) in [7, 11) is 0. The van der Waals surface area contributed by atoms with Gasteiger partial charge in [-0.15, -0.1) is 0 Å². The Morgan fingerprint density at radius 3 is 2.46 bits per heavy atom. The number of aryl methyl sites for hydroxylation is 3. The van der Waals surface area contributed by atoms with Crippen LogP contribution in [0.1, 0.15) is 54.1 Å². The third-order valence-corrected chi connectivity index (χ3v) is 5.67. The van der Waals surface area contributed by atoms with E-state index in [4.69, 9.17) is 5.10 Å². The third-order valence-electron chi connectivity index (χ3n) is 5.67. The zero-order chi connectivity index (χ0) is 20.3. The maximum atomic E-state index is 13.2. The molecule has 0 aromatic heterocycles. The highest BCUT2D eigenvalue weighted by Gasteiger charge is 2.34. The Morgan fingerprint density at radius 2 is 1.79 bits per heavy atom. The first kappa shape index (κ1) is 20.3. The lowest BCUT2D eigenvalue weighted by Gasteiger charge is -2.26. The summed E-state index contributed by atoms with van der Waals surface area (Å²) in [6, 6.07) is 14.7. The van der Waals surface area contributed by atoms with Gasteiger partial charge in [-0.1, -0.05) is 55.8 Å². The van der Waals surface area contributed by atoms with Crippen LogP contribution in [0, 0.1) is 20.8 Å². The normalized spacial score (nSPS) is 16.6. The molecule has 0 N–H and O–H groups in total. The van der Waals surface area contributed by atoms with Gasteiger partial charge in [0.1, 0.15) is 0 Å². The number of nitrogens with zero attached hydrogens (tertiary/aromatic N) is 3. The molecule has 1 aliphatic heterocycles. The van der Waals surface area contributed by atoms with E-state index in [-0.39, 0.29) is 11.9 Å². The minimum absolute atomic E-state index is 0.0424. The summed E-state index contributed by atoms with van der Waals surface area (Å²) in [5.41, 5.74) is 6.94. The smallest absolute Gasteiger partial charge is 0.257 e. The zero-order valence-corrected chi connectivity index (χ0v) is 17.7. The lowest BCUT2D eigenvalue weighted by atomic mass is 9.93. The van der Waals surface area contributed by atoms with E-state index in [1.807, 2.05) is 12.1 Å². The van der Waals surface area contributed by atoms with Gasteiger partial charge in [-0.3, -0.25) is 9.69 Å². The van der Waals surface area contributed by atoms with Crippen LogP contribution in [0.25, 0.3) is 0 Å². The van der Waals surface area contributed by atoms with Gasteiger partial charge in [0, 0.05) is 12.0 Å². The number of hydrazone groups is 1. The van der Waals surface area contributed by atoms with E-state index in [0.29, 0.717) is 6.54 Å². The molecule has 28 heavy (non-hydrogen) atoms. The lowest BCUT2D eigenvalue weighted by Crippen LogP contribution is -2.38. The number of rotatable bonds is 6. The van der Waals surface area contributed by atoms with Crippen LogP contribution in [0.4, 0.5) is 0 Å². The van der Waals surface area contributed by atoms with Gasteiger partial charge in [-0.05, 0) is 56.6 Å². The summed E-state index contributed by atoms with van der Waals surface area (Å²) in [5.74, 6) is 0.0669. The molecule has 1 unspecified atom stereocenters. The molecule has 0 bridgehead atoms. The van der Waals surface area contributed by atoms with Crippen molar-refractivity contribution in [2.75, 3.05) is 19.6 Å². The third kappa shape index (κ3) is 4.17. The van der Waals surface area contributed by atoms with Crippen molar-refractivity contribution in [3.05, 3.63) is 70.3 Å². The quantitative estimate of drug-likeness (QED) is 0.736. The highest BCUT2D eigenvalue weighted by atomic mass is 16.2. The molecule has 2 aromatic rings. The standard InChI is InChI=1S/C24H31N3O/c1-6-26(7-2)16-24(28)27-23(20-11-9-8-10-18(20)4)15-22(25-27)21-14-17(3)12-13-19(21)5/h8-14,23H,6-7,15-16H2,1-5H3. The molecule has 0 spiro atoms. The second kappa shape index (κ2) is 8.70. The summed E-state index contributed by atoms with van der Waals surface area (Å²) >= 11 is 0. The van der Waals surface area contributed by atoms with Crippen LogP contribution >= 0.6 is 0 Å². The molecule has 1 atom stereocenters. The molecule has 0 fully saturated rings. The van der Waals surface area contributed by atoms with Gasteiger partial charge in [0.05, 0.1) is 18.3 Å². The number of carbonyl (C=O) groups is 1. The van der Waals surface area contributed by atoms with E-state index in [9.17, 15) is 4.79 Å². The molecule has 4 nitrogen and oxygen atoms in total. The molecule has 0 saturated heterocycles. The predicted octanol–water partition coefficient (Wildman–Crippen LogP) is 4.63. The molecule has 3 rings (SSSR count). The zero-order valence-electron chi connectivity index (χ0n) is 17.7. The number of likely N-dealkylation sites (N-methyl/N-ethyl adjacent to an activating group) is 1. The van der Waals surface area contributed by atoms with Crippen LogP contribution in [0.3, 0.4) is 0 Å². The molecule has 2 aromatic carbocycles. The number of benzene rings is 2. The van der Waals surface area contributed by atoms with E-state index in [1.54, 1.807) is 5.01 Å². The number of hydrogen-bond acceptors (Lipinski definition) is 3. The molecular weight excluding hydrogens is 346 g/mol. The fourth-order valence-electron chi connectivity index (χ4n) is 3.86. The van der Waals surface area contributed by atoms with Gasteiger partial charge in [0.2, 0.25) is 0 Å². The Kier molecular flexibility index (Phi) is 6.30. The van der Waals surface area contributed by atoms with Crippen LogP contribution in [-0.2, 0) is 4.79 Å². The molecule has 148 valence electrons. The molecule has 0 saturated carbocycles. The van der Waals surface area contributed by atoms with Gasteiger partial charge < -0.3 is 0 Å². The molecule has 0 radical (unpaired) electrons. The second-order valence-electron chi connectivity index (χ2n) is 7.64. The van der Waals surface area contributed by atoms with E-state index in [1.165, 1.54) is 22.3 Å². The van der Waals surface area contributed by atoms with Crippen LogP contribution in [0.5, 0.6) is 0 Å². The van der Waals surface area contributed by atoms with Crippen LogP contribution < -0.4 is 0 Å². The molecular formula is C24H31N3O. The first-order valence-electron chi connectivity index (χ1n) is 10.2. The van der Waals surface area contributed by atoms with Crippen molar-refractivity contribution in [2.45, 2.75) is 47.1 Å². The Labute approximate surface area is 168 Å². The van der Waals surface area contributed by atoms with E-state index in [2.05, 4.69) is 69.9 Å². The van der Waals surface area contributed by atoms with E-state index < -0.39 is 0 Å². The largest absolute Gasteiger partial charge is 0.295 e. The minimum atomic E-state index is -0.0424. The summed E-state index contributed by atoms with van der Waals surface area (Å²) in [6.07, 6.45) is 0.749. The van der Waals surface area contributed by atoms with Crippen molar-refractivity contribution in [2.24, 2.45) is 5.10 Å². The van der Waals surface area contributed by atoms with Crippen molar-refractivity contribution in [1.82, 2.24) is 9.91 Å². The van der Waals surface area contributed by atoms with E-state index in [0.717, 1.165) is 30.8 Å². The Hall–Kier alpha value is -2.46. The SMILES string of the molecule is CCN(CC)CC(=O)N1N=C(c2cc(C)ccc2C)CC1c1ccccc1C. The van der Waals surface area contributed by atoms with E-state index >= 15 is 0 Å². The Bertz CT molecular complexity index is 883. The molecule has 0 aliphatic carbocycles. The summed E-state index contributed by atoms with van der Waals surface area (Å²) in [4.78, 5) is 15.3. The van der Waals surface area contributed by atoms with Crippen LogP contribution in [0.2, 0.25) is 0 Å². The Balaban J connectivity index is 1.99.